The summed E-state index contributed by atoms with van der Waals surface area (Å²) in [5, 5.41) is 3.72. The summed E-state index contributed by atoms with van der Waals surface area (Å²) in [6.45, 7) is 5.65. The molecular weight excluding hydrogens is 210 g/mol. The number of hydrogen-bond acceptors (Lipinski definition) is 2. The minimum Gasteiger partial charge on any atom is -0.375 e. The summed E-state index contributed by atoms with van der Waals surface area (Å²) < 4.78 is 5.88. The maximum absolute atomic E-state index is 5.88. The zero-order valence-corrected chi connectivity index (χ0v) is 11.6. The third-order valence-corrected chi connectivity index (χ3v) is 4.21. The highest BCUT2D eigenvalue weighted by molar-refractivity contribution is 4.86. The first-order chi connectivity index (χ1) is 8.29. The Balaban J connectivity index is 1.58. The molecule has 17 heavy (non-hydrogen) atoms. The molecule has 3 atom stereocenters. The van der Waals surface area contributed by atoms with Crippen LogP contribution in [0.25, 0.3) is 0 Å². The molecule has 2 heteroatoms. The van der Waals surface area contributed by atoms with Crippen LogP contribution < -0.4 is 5.32 Å². The Hall–Kier alpha value is -0.0800. The first-order valence-electron chi connectivity index (χ1n) is 7.68. The summed E-state index contributed by atoms with van der Waals surface area (Å²) >= 11 is 0. The lowest BCUT2D eigenvalue weighted by molar-refractivity contribution is 0.0490. The minimum absolute atomic E-state index is 0.512. The average Bonchev–Trinajstić information content (AvgIpc) is 3.08. The first-order valence-corrected chi connectivity index (χ1v) is 7.68. The van der Waals surface area contributed by atoms with Crippen molar-refractivity contribution < 1.29 is 4.74 Å². The SMILES string of the molecule is CCCNC(CCCC1CCC(C)O1)C1CC1. The largest absolute Gasteiger partial charge is 0.375 e. The van der Waals surface area contributed by atoms with Crippen LogP contribution in [0.2, 0.25) is 0 Å². The zero-order valence-electron chi connectivity index (χ0n) is 11.6. The van der Waals surface area contributed by atoms with E-state index < -0.39 is 0 Å². The zero-order chi connectivity index (χ0) is 12.1. The van der Waals surface area contributed by atoms with Gasteiger partial charge in [-0.25, -0.2) is 0 Å². The Morgan fingerprint density at radius 3 is 2.65 bits per heavy atom. The van der Waals surface area contributed by atoms with Crippen molar-refractivity contribution >= 4 is 0 Å². The van der Waals surface area contributed by atoms with Gasteiger partial charge in [-0.05, 0) is 70.8 Å². The van der Waals surface area contributed by atoms with E-state index in [9.17, 15) is 0 Å². The van der Waals surface area contributed by atoms with Crippen LogP contribution in [0.3, 0.4) is 0 Å². The smallest absolute Gasteiger partial charge is 0.0579 e. The Labute approximate surface area is 107 Å². The lowest BCUT2D eigenvalue weighted by Gasteiger charge is -2.19. The van der Waals surface area contributed by atoms with Crippen molar-refractivity contribution in [3.63, 3.8) is 0 Å². The van der Waals surface area contributed by atoms with E-state index in [1.807, 2.05) is 0 Å². The number of hydrogen-bond donors (Lipinski definition) is 1. The Morgan fingerprint density at radius 2 is 2.06 bits per heavy atom. The van der Waals surface area contributed by atoms with Gasteiger partial charge in [-0.15, -0.1) is 0 Å². The fraction of sp³-hybridized carbons (Fsp3) is 1.00. The molecule has 0 aromatic rings. The van der Waals surface area contributed by atoms with Crippen molar-refractivity contribution in [3.8, 4) is 0 Å². The van der Waals surface area contributed by atoms with Crippen molar-refractivity contribution in [3.05, 3.63) is 0 Å². The highest BCUT2D eigenvalue weighted by Crippen LogP contribution is 2.35. The second-order valence-electron chi connectivity index (χ2n) is 5.98. The second kappa shape index (κ2) is 6.75. The van der Waals surface area contributed by atoms with E-state index in [4.69, 9.17) is 4.74 Å². The molecule has 1 heterocycles. The molecule has 0 amide bonds. The summed E-state index contributed by atoms with van der Waals surface area (Å²) in [6.07, 6.45) is 11.8. The molecule has 0 aromatic carbocycles. The molecule has 1 N–H and O–H groups in total. The predicted octanol–water partition coefficient (Wildman–Crippen LogP) is 3.50. The average molecular weight is 239 g/mol. The van der Waals surface area contributed by atoms with Gasteiger partial charge in [0, 0.05) is 6.04 Å². The standard InChI is InChI=1S/C15H29NO/c1-3-11-16-15(13-8-9-13)6-4-5-14-10-7-12(2)17-14/h12-16H,3-11H2,1-2H3. The Bertz CT molecular complexity index is 215. The van der Waals surface area contributed by atoms with Crippen LogP contribution in [0.4, 0.5) is 0 Å². The van der Waals surface area contributed by atoms with Gasteiger partial charge in [0.05, 0.1) is 12.2 Å². The lowest BCUT2D eigenvalue weighted by atomic mass is 10.0. The molecule has 1 saturated heterocycles. The van der Waals surface area contributed by atoms with Gasteiger partial charge in [-0.2, -0.15) is 0 Å². The van der Waals surface area contributed by atoms with Gasteiger partial charge in [0.15, 0.2) is 0 Å². The molecule has 1 aliphatic heterocycles. The highest BCUT2D eigenvalue weighted by Gasteiger charge is 2.30. The monoisotopic (exact) mass is 239 g/mol. The molecular formula is C15H29NO. The molecule has 2 rings (SSSR count). The summed E-state index contributed by atoms with van der Waals surface area (Å²) in [7, 11) is 0. The van der Waals surface area contributed by atoms with E-state index in [1.165, 1.54) is 57.9 Å². The Kier molecular flexibility index (Phi) is 5.30. The number of nitrogens with one attached hydrogen (secondary N) is 1. The molecule has 0 aromatic heterocycles. The summed E-state index contributed by atoms with van der Waals surface area (Å²) in [4.78, 5) is 0. The summed E-state index contributed by atoms with van der Waals surface area (Å²) in [6, 6.07) is 0.800. The van der Waals surface area contributed by atoms with E-state index in [0.717, 1.165) is 12.0 Å². The second-order valence-corrected chi connectivity index (χ2v) is 5.98. The van der Waals surface area contributed by atoms with Crippen molar-refractivity contribution in [1.29, 1.82) is 0 Å². The molecule has 0 radical (unpaired) electrons. The summed E-state index contributed by atoms with van der Waals surface area (Å²) in [5.74, 6) is 0.991. The third-order valence-electron chi connectivity index (χ3n) is 4.21. The first kappa shape index (κ1) is 13.4. The van der Waals surface area contributed by atoms with E-state index in [-0.39, 0.29) is 0 Å². The van der Waals surface area contributed by atoms with Gasteiger partial charge >= 0.3 is 0 Å². The van der Waals surface area contributed by atoms with Crippen LogP contribution in [-0.2, 0) is 4.74 Å². The van der Waals surface area contributed by atoms with E-state index >= 15 is 0 Å². The van der Waals surface area contributed by atoms with E-state index in [0.29, 0.717) is 12.2 Å². The number of rotatable bonds is 8. The van der Waals surface area contributed by atoms with Crippen LogP contribution in [0.15, 0.2) is 0 Å². The molecule has 2 nitrogen and oxygen atoms in total. The van der Waals surface area contributed by atoms with Crippen molar-refractivity contribution in [2.45, 2.75) is 83.5 Å². The molecule has 100 valence electrons. The predicted molar refractivity (Wildman–Crippen MR) is 72.2 cm³/mol. The van der Waals surface area contributed by atoms with E-state index in [1.54, 1.807) is 0 Å². The molecule has 2 aliphatic rings. The fourth-order valence-electron chi connectivity index (χ4n) is 3.00. The lowest BCUT2D eigenvalue weighted by Crippen LogP contribution is -2.31. The van der Waals surface area contributed by atoms with Gasteiger partial charge in [-0.1, -0.05) is 6.92 Å². The molecule has 1 aliphatic carbocycles. The van der Waals surface area contributed by atoms with Crippen LogP contribution in [-0.4, -0.2) is 24.8 Å². The maximum Gasteiger partial charge on any atom is 0.0579 e. The van der Waals surface area contributed by atoms with Gasteiger partial charge < -0.3 is 10.1 Å². The van der Waals surface area contributed by atoms with Crippen LogP contribution >= 0.6 is 0 Å². The summed E-state index contributed by atoms with van der Waals surface area (Å²) in [5.41, 5.74) is 0. The molecule has 1 saturated carbocycles. The maximum atomic E-state index is 5.88. The van der Waals surface area contributed by atoms with Crippen LogP contribution in [0.5, 0.6) is 0 Å². The molecule has 2 fully saturated rings. The van der Waals surface area contributed by atoms with Gasteiger partial charge in [0.2, 0.25) is 0 Å². The van der Waals surface area contributed by atoms with Crippen molar-refractivity contribution in [2.75, 3.05) is 6.54 Å². The van der Waals surface area contributed by atoms with Crippen LogP contribution in [0.1, 0.15) is 65.2 Å². The highest BCUT2D eigenvalue weighted by atomic mass is 16.5. The van der Waals surface area contributed by atoms with E-state index in [2.05, 4.69) is 19.2 Å². The molecule has 0 spiro atoms. The minimum atomic E-state index is 0.512. The third kappa shape index (κ3) is 4.59. The molecule has 0 bridgehead atoms. The van der Waals surface area contributed by atoms with Crippen LogP contribution in [0, 0.1) is 5.92 Å². The van der Waals surface area contributed by atoms with Gasteiger partial charge in [0.25, 0.3) is 0 Å². The normalized spacial score (nSPS) is 30.7. The van der Waals surface area contributed by atoms with Crippen molar-refractivity contribution in [1.82, 2.24) is 5.32 Å². The fourth-order valence-corrected chi connectivity index (χ4v) is 3.00. The quantitative estimate of drug-likeness (QED) is 0.700. The van der Waals surface area contributed by atoms with Gasteiger partial charge in [0.1, 0.15) is 0 Å². The van der Waals surface area contributed by atoms with Gasteiger partial charge in [-0.3, -0.25) is 0 Å². The van der Waals surface area contributed by atoms with Crippen molar-refractivity contribution in [2.24, 2.45) is 5.92 Å². The Morgan fingerprint density at radius 1 is 1.24 bits per heavy atom. The topological polar surface area (TPSA) is 21.3 Å². The number of ether oxygens (including phenoxy) is 1. The molecule has 3 unspecified atom stereocenters.